The van der Waals surface area contributed by atoms with Gasteiger partial charge in [-0.05, 0) is 55.0 Å². The molecule has 0 amide bonds. The van der Waals surface area contributed by atoms with Crippen LogP contribution in [0.25, 0.3) is 16.4 Å². The lowest BCUT2D eigenvalue weighted by Gasteiger charge is -2.10. The molecule has 12 heteroatoms. The maximum absolute atomic E-state index is 14.9. The molecule has 8 nitrogen and oxygen atoms in total. The number of primary sulfonamides is 1. The number of aliphatic hydroxyl groups excluding tert-OH is 1. The fourth-order valence-corrected chi connectivity index (χ4v) is 5.48. The highest BCUT2D eigenvalue weighted by Gasteiger charge is 2.30. The van der Waals surface area contributed by atoms with Gasteiger partial charge >= 0.3 is 0 Å². The van der Waals surface area contributed by atoms with Crippen LogP contribution in [-0.4, -0.2) is 33.4 Å². The number of sulfonamides is 1. The Morgan fingerprint density at radius 2 is 1.89 bits per heavy atom. The van der Waals surface area contributed by atoms with E-state index in [2.05, 4.69) is 4.98 Å². The maximum Gasteiger partial charge on any atom is 0.240 e. The lowest BCUT2D eigenvalue weighted by atomic mass is 9.96. The Kier molecular flexibility index (Phi) is 6.47. The molecule has 0 spiro atoms. The van der Waals surface area contributed by atoms with Gasteiger partial charge in [-0.15, -0.1) is 11.3 Å². The average Bonchev–Trinajstić information content (AvgIpc) is 3.37. The number of nitrogens with two attached hydrogens (primary N) is 1. The molecular weight excluding hydrogens is 510 g/mol. The highest BCUT2D eigenvalue weighted by molar-refractivity contribution is 7.89. The lowest BCUT2D eigenvalue weighted by molar-refractivity contribution is -0.0454. The first-order valence-electron chi connectivity index (χ1n) is 11.1. The first-order chi connectivity index (χ1) is 17.1. The van der Waals surface area contributed by atoms with Crippen LogP contribution >= 0.6 is 11.3 Å². The van der Waals surface area contributed by atoms with Crippen LogP contribution in [0, 0.1) is 17.6 Å². The number of hydrogen-bond donors (Lipinski definition) is 3. The number of benzene rings is 2. The monoisotopic (exact) mass is 532 g/mol. The molecule has 0 aliphatic heterocycles. The Morgan fingerprint density at radius 1 is 1.14 bits per heavy atom. The highest BCUT2D eigenvalue weighted by Crippen LogP contribution is 2.38. The van der Waals surface area contributed by atoms with Gasteiger partial charge in [-0.2, -0.15) is 5.10 Å². The van der Waals surface area contributed by atoms with Crippen molar-refractivity contribution in [1.82, 2.24) is 14.8 Å². The van der Waals surface area contributed by atoms with Gasteiger partial charge < -0.3 is 10.2 Å². The molecule has 1 saturated carbocycles. The van der Waals surface area contributed by atoms with Crippen molar-refractivity contribution in [2.75, 3.05) is 0 Å². The maximum atomic E-state index is 14.9. The standard InChI is InChI=1S/C24H22F2N4O4S2/c25-17-4-2-1-3-15(17)22-16(9-14-7-8-21(18(26)10-14)36(27,33)34)20(11-13-5-6-13)30(29-22)24-28-19(12-35-24)23(31)32/h1-4,7-8,10,12-13,23,31-32H,5-6,9,11H2,(H2,27,33,34). The van der Waals surface area contributed by atoms with E-state index in [1.807, 2.05) is 0 Å². The second-order valence-electron chi connectivity index (χ2n) is 8.73. The van der Waals surface area contributed by atoms with Crippen molar-refractivity contribution < 1.29 is 27.4 Å². The minimum Gasteiger partial charge on any atom is -0.363 e. The smallest absolute Gasteiger partial charge is 0.240 e. The molecule has 1 aliphatic rings. The van der Waals surface area contributed by atoms with E-state index < -0.39 is 32.8 Å². The normalized spacial score (nSPS) is 14.1. The van der Waals surface area contributed by atoms with Gasteiger partial charge in [0.25, 0.3) is 0 Å². The fraction of sp³-hybridized carbons (Fsp3) is 0.250. The summed E-state index contributed by atoms with van der Waals surface area (Å²) in [6.07, 6.45) is 1.06. The Labute approximate surface area is 209 Å². The lowest BCUT2D eigenvalue weighted by Crippen LogP contribution is -2.14. The van der Waals surface area contributed by atoms with E-state index in [1.54, 1.807) is 22.9 Å². The van der Waals surface area contributed by atoms with Crippen LogP contribution in [0.4, 0.5) is 8.78 Å². The minimum absolute atomic E-state index is 0.0671. The van der Waals surface area contributed by atoms with Crippen molar-refractivity contribution in [3.63, 3.8) is 0 Å². The van der Waals surface area contributed by atoms with E-state index in [0.717, 1.165) is 42.0 Å². The molecule has 0 bridgehead atoms. The van der Waals surface area contributed by atoms with Crippen molar-refractivity contribution in [1.29, 1.82) is 0 Å². The van der Waals surface area contributed by atoms with Crippen molar-refractivity contribution in [3.8, 4) is 16.4 Å². The van der Waals surface area contributed by atoms with Gasteiger partial charge in [0.1, 0.15) is 22.2 Å². The Morgan fingerprint density at radius 3 is 2.50 bits per heavy atom. The van der Waals surface area contributed by atoms with Gasteiger partial charge in [0.2, 0.25) is 15.2 Å². The molecule has 36 heavy (non-hydrogen) atoms. The average molecular weight is 533 g/mol. The molecule has 188 valence electrons. The van der Waals surface area contributed by atoms with Crippen molar-refractivity contribution in [2.24, 2.45) is 11.1 Å². The van der Waals surface area contributed by atoms with Crippen molar-refractivity contribution in [2.45, 2.75) is 36.9 Å². The largest absolute Gasteiger partial charge is 0.363 e. The van der Waals surface area contributed by atoms with E-state index in [0.29, 0.717) is 34.3 Å². The molecule has 0 saturated heterocycles. The van der Waals surface area contributed by atoms with Crippen LogP contribution in [0.1, 0.15) is 41.6 Å². The van der Waals surface area contributed by atoms with E-state index in [4.69, 9.17) is 10.2 Å². The summed E-state index contributed by atoms with van der Waals surface area (Å²) in [7, 11) is -4.22. The van der Waals surface area contributed by atoms with Gasteiger partial charge in [-0.3, -0.25) is 0 Å². The van der Waals surface area contributed by atoms with Crippen LogP contribution in [0.15, 0.2) is 52.7 Å². The molecule has 2 heterocycles. The Hall–Kier alpha value is -3.03. The van der Waals surface area contributed by atoms with Crippen LogP contribution < -0.4 is 5.14 Å². The second-order valence-corrected chi connectivity index (χ2v) is 11.1. The zero-order chi connectivity index (χ0) is 25.6. The predicted molar refractivity (Wildman–Crippen MR) is 129 cm³/mol. The molecule has 2 aromatic heterocycles. The molecule has 0 atom stereocenters. The molecule has 4 N–H and O–H groups in total. The van der Waals surface area contributed by atoms with Gasteiger partial charge in [-0.1, -0.05) is 18.2 Å². The zero-order valence-electron chi connectivity index (χ0n) is 18.8. The number of nitrogens with zero attached hydrogens (tertiary/aromatic N) is 3. The summed E-state index contributed by atoms with van der Waals surface area (Å²) < 4.78 is 54.4. The Balaban J connectivity index is 1.68. The van der Waals surface area contributed by atoms with Crippen LogP contribution in [0.2, 0.25) is 0 Å². The third-order valence-corrected chi connectivity index (χ3v) is 7.82. The van der Waals surface area contributed by atoms with Crippen LogP contribution in [0.3, 0.4) is 0 Å². The molecule has 2 aromatic carbocycles. The number of aliphatic hydroxyl groups is 2. The first-order valence-corrected chi connectivity index (χ1v) is 13.5. The summed E-state index contributed by atoms with van der Waals surface area (Å²) in [5.74, 6) is -1.06. The topological polar surface area (TPSA) is 131 Å². The minimum atomic E-state index is -4.22. The molecule has 1 fully saturated rings. The van der Waals surface area contributed by atoms with E-state index in [1.165, 1.54) is 17.5 Å². The highest BCUT2D eigenvalue weighted by atomic mass is 32.2. The quantitative estimate of drug-likeness (QED) is 0.298. The van der Waals surface area contributed by atoms with Crippen LogP contribution in [0.5, 0.6) is 0 Å². The van der Waals surface area contributed by atoms with Gasteiger partial charge in [-0.25, -0.2) is 32.0 Å². The van der Waals surface area contributed by atoms with E-state index in [-0.39, 0.29) is 17.7 Å². The fourth-order valence-electron chi connectivity index (χ4n) is 4.09. The molecule has 0 unspecified atom stereocenters. The SMILES string of the molecule is NS(=O)(=O)c1ccc(Cc2c(-c3ccccc3F)nn(-c3nc(C(O)O)cs3)c2CC2CC2)cc1F. The van der Waals surface area contributed by atoms with Crippen molar-refractivity contribution in [3.05, 3.63) is 82.0 Å². The second kappa shape index (κ2) is 9.45. The van der Waals surface area contributed by atoms with Gasteiger partial charge in [0.15, 0.2) is 6.29 Å². The molecule has 1 aliphatic carbocycles. The van der Waals surface area contributed by atoms with Gasteiger partial charge in [0.05, 0.1) is 11.4 Å². The summed E-state index contributed by atoms with van der Waals surface area (Å²) in [4.78, 5) is 3.68. The summed E-state index contributed by atoms with van der Waals surface area (Å²) in [6, 6.07) is 9.86. The third-order valence-electron chi connectivity index (χ3n) is 6.04. The number of halogens is 2. The van der Waals surface area contributed by atoms with Crippen LogP contribution in [-0.2, 0) is 22.9 Å². The van der Waals surface area contributed by atoms with Gasteiger partial charge in [0, 0.05) is 22.9 Å². The number of aromatic nitrogens is 3. The van der Waals surface area contributed by atoms with Crippen molar-refractivity contribution >= 4 is 21.4 Å². The molecule has 5 rings (SSSR count). The third kappa shape index (κ3) is 4.95. The number of thiazole rings is 1. The van der Waals surface area contributed by atoms with E-state index >= 15 is 0 Å². The summed E-state index contributed by atoms with van der Waals surface area (Å²) in [6.45, 7) is 0. The summed E-state index contributed by atoms with van der Waals surface area (Å²) >= 11 is 1.16. The number of rotatable bonds is 8. The molecular formula is C24H22F2N4O4S2. The summed E-state index contributed by atoms with van der Waals surface area (Å²) in [5, 5.41) is 30.7. The first kappa shape index (κ1) is 24.7. The molecule has 0 radical (unpaired) electrons. The zero-order valence-corrected chi connectivity index (χ0v) is 20.4. The predicted octanol–water partition coefficient (Wildman–Crippen LogP) is 3.45. The van der Waals surface area contributed by atoms with E-state index in [9.17, 15) is 27.4 Å². The Bertz CT molecular complexity index is 1550. The molecule has 4 aromatic rings. The number of hydrogen-bond acceptors (Lipinski definition) is 7. The summed E-state index contributed by atoms with van der Waals surface area (Å²) in [5.41, 5.74) is 2.53.